The summed E-state index contributed by atoms with van der Waals surface area (Å²) in [6.07, 6.45) is 2.09. The van der Waals surface area contributed by atoms with Gasteiger partial charge in [-0.05, 0) is 90.8 Å². The van der Waals surface area contributed by atoms with Gasteiger partial charge in [0.05, 0.1) is 43.2 Å². The first-order valence-electron chi connectivity index (χ1n) is 14.6. The standard InChI is InChI=1S/C35H41N3O7/c1-21-19-36-27(22(2)30(21)42-9)20-38(33(41)45-35(6,7)8)29-18-23(24-13-11-12-14-25(24)31(39)43-10)17-28-26(29)15-16-37(28)32(40)44-34(3,4)5/h11-19H,20H2,1-10H3. The smallest absolute Gasteiger partial charge is 0.418 e. The minimum atomic E-state index is -0.806. The topological polar surface area (TPSA) is 109 Å². The Bertz CT molecular complexity index is 1760. The molecule has 0 saturated carbocycles. The second-order valence-corrected chi connectivity index (χ2v) is 12.7. The second-order valence-electron chi connectivity index (χ2n) is 12.7. The van der Waals surface area contributed by atoms with Crippen LogP contribution in [-0.2, 0) is 20.8 Å². The zero-order valence-corrected chi connectivity index (χ0v) is 27.6. The number of amides is 1. The van der Waals surface area contributed by atoms with Gasteiger partial charge in [-0.25, -0.2) is 14.4 Å². The molecular formula is C35H41N3O7. The minimum absolute atomic E-state index is 0.0339. The lowest BCUT2D eigenvalue weighted by Crippen LogP contribution is -2.37. The number of aryl methyl sites for hydroxylation is 1. The molecule has 4 rings (SSSR count). The van der Waals surface area contributed by atoms with Crippen LogP contribution in [0.15, 0.2) is 54.9 Å². The first-order chi connectivity index (χ1) is 21.0. The molecule has 0 N–H and O–H groups in total. The highest BCUT2D eigenvalue weighted by molar-refractivity contribution is 6.07. The summed E-state index contributed by atoms with van der Waals surface area (Å²) in [5.74, 6) is 0.150. The molecule has 2 aromatic heterocycles. The Morgan fingerprint density at radius 2 is 1.58 bits per heavy atom. The molecule has 0 fully saturated rings. The first kappa shape index (κ1) is 33.0. The monoisotopic (exact) mass is 615 g/mol. The Kier molecular flexibility index (Phi) is 9.27. The van der Waals surface area contributed by atoms with Crippen molar-refractivity contribution in [3.05, 3.63) is 77.2 Å². The van der Waals surface area contributed by atoms with E-state index in [0.29, 0.717) is 44.7 Å². The average molecular weight is 616 g/mol. The van der Waals surface area contributed by atoms with Gasteiger partial charge in [-0.3, -0.25) is 14.5 Å². The van der Waals surface area contributed by atoms with Crippen LogP contribution in [0.25, 0.3) is 22.0 Å². The van der Waals surface area contributed by atoms with Crippen LogP contribution in [0.3, 0.4) is 0 Å². The molecule has 0 spiro atoms. The lowest BCUT2D eigenvalue weighted by atomic mass is 9.97. The van der Waals surface area contributed by atoms with Crippen molar-refractivity contribution in [3.63, 3.8) is 0 Å². The maximum absolute atomic E-state index is 14.0. The minimum Gasteiger partial charge on any atom is -0.496 e. The lowest BCUT2D eigenvalue weighted by Gasteiger charge is -2.29. The third-order valence-corrected chi connectivity index (χ3v) is 6.98. The fourth-order valence-corrected chi connectivity index (χ4v) is 5.04. The summed E-state index contributed by atoms with van der Waals surface area (Å²) in [7, 11) is 2.91. The predicted molar refractivity (Wildman–Crippen MR) is 173 cm³/mol. The van der Waals surface area contributed by atoms with Crippen molar-refractivity contribution in [2.24, 2.45) is 0 Å². The number of hydrogen-bond acceptors (Lipinski definition) is 8. The average Bonchev–Trinajstić information content (AvgIpc) is 3.39. The van der Waals surface area contributed by atoms with Crippen molar-refractivity contribution in [3.8, 4) is 16.9 Å². The SMILES string of the molecule is COC(=O)c1ccccc1-c1cc(N(Cc2ncc(C)c(OC)c2C)C(=O)OC(C)(C)C)c2ccn(C(=O)OC(C)(C)C)c2c1. The highest BCUT2D eigenvalue weighted by Gasteiger charge is 2.29. The Hall–Kier alpha value is -4.86. The molecule has 0 radical (unpaired) electrons. The highest BCUT2D eigenvalue weighted by Crippen LogP contribution is 2.38. The third-order valence-electron chi connectivity index (χ3n) is 6.98. The van der Waals surface area contributed by atoms with Crippen LogP contribution in [0.1, 0.15) is 68.7 Å². The van der Waals surface area contributed by atoms with Crippen LogP contribution in [0.2, 0.25) is 0 Å². The summed E-state index contributed by atoms with van der Waals surface area (Å²) in [4.78, 5) is 46.3. The largest absolute Gasteiger partial charge is 0.496 e. The van der Waals surface area contributed by atoms with Gasteiger partial charge in [0.25, 0.3) is 0 Å². The summed E-state index contributed by atoms with van der Waals surface area (Å²) >= 11 is 0. The first-order valence-corrected chi connectivity index (χ1v) is 14.6. The van der Waals surface area contributed by atoms with E-state index in [-0.39, 0.29) is 6.54 Å². The molecule has 1 amide bonds. The van der Waals surface area contributed by atoms with E-state index in [1.165, 1.54) is 16.6 Å². The van der Waals surface area contributed by atoms with E-state index < -0.39 is 29.4 Å². The Labute approximate surface area is 263 Å². The fraction of sp³-hybridized carbons (Fsp3) is 0.371. The van der Waals surface area contributed by atoms with E-state index in [9.17, 15) is 14.4 Å². The summed E-state index contributed by atoms with van der Waals surface area (Å²) in [6.45, 7) is 14.6. The van der Waals surface area contributed by atoms with Crippen LogP contribution in [0, 0.1) is 13.8 Å². The van der Waals surface area contributed by atoms with Gasteiger partial charge < -0.3 is 18.9 Å². The molecule has 10 heteroatoms. The number of aromatic nitrogens is 2. The molecule has 4 aromatic rings. The van der Waals surface area contributed by atoms with Crippen molar-refractivity contribution in [2.75, 3.05) is 19.1 Å². The van der Waals surface area contributed by atoms with Gasteiger partial charge in [0.1, 0.15) is 17.0 Å². The van der Waals surface area contributed by atoms with E-state index in [4.69, 9.17) is 18.9 Å². The van der Waals surface area contributed by atoms with Crippen LogP contribution in [-0.4, -0.2) is 53.1 Å². The number of carbonyl (C=O) groups excluding carboxylic acids is 3. The molecule has 45 heavy (non-hydrogen) atoms. The van der Waals surface area contributed by atoms with Gasteiger partial charge in [-0.2, -0.15) is 0 Å². The summed E-state index contributed by atoms with van der Waals surface area (Å²) in [5, 5.41) is 0.586. The zero-order valence-electron chi connectivity index (χ0n) is 27.6. The second kappa shape index (κ2) is 12.6. The molecule has 2 aromatic carbocycles. The molecule has 2 heterocycles. The van der Waals surface area contributed by atoms with Crippen molar-refractivity contribution in [1.29, 1.82) is 0 Å². The van der Waals surface area contributed by atoms with Gasteiger partial charge >= 0.3 is 18.2 Å². The molecule has 0 saturated heterocycles. The maximum Gasteiger partial charge on any atom is 0.418 e. The quantitative estimate of drug-likeness (QED) is 0.159. The number of hydrogen-bond donors (Lipinski definition) is 0. The Morgan fingerprint density at radius 1 is 0.911 bits per heavy atom. The fourth-order valence-electron chi connectivity index (χ4n) is 5.04. The zero-order chi connectivity index (χ0) is 33.3. The van der Waals surface area contributed by atoms with Gasteiger partial charge in [-0.15, -0.1) is 0 Å². The van der Waals surface area contributed by atoms with Gasteiger partial charge in [0, 0.05) is 28.9 Å². The van der Waals surface area contributed by atoms with Crippen molar-refractivity contribution >= 4 is 34.7 Å². The molecule has 238 valence electrons. The third kappa shape index (κ3) is 7.28. The summed E-state index contributed by atoms with van der Waals surface area (Å²) in [6, 6.07) is 12.3. The van der Waals surface area contributed by atoms with Crippen molar-refractivity contribution in [2.45, 2.75) is 73.1 Å². The maximum atomic E-state index is 14.0. The molecule has 0 aliphatic rings. The molecular weight excluding hydrogens is 574 g/mol. The number of carbonyl (C=O) groups is 3. The van der Waals surface area contributed by atoms with Crippen LogP contribution in [0.5, 0.6) is 5.75 Å². The lowest BCUT2D eigenvalue weighted by molar-refractivity contribution is 0.0540. The predicted octanol–water partition coefficient (Wildman–Crippen LogP) is 7.84. The summed E-state index contributed by atoms with van der Waals surface area (Å²) < 4.78 is 23.7. The Morgan fingerprint density at radius 3 is 2.20 bits per heavy atom. The Balaban J connectivity index is 2.03. The number of benzene rings is 2. The normalized spacial score (nSPS) is 11.7. The van der Waals surface area contributed by atoms with E-state index >= 15 is 0 Å². The van der Waals surface area contributed by atoms with E-state index in [1.54, 1.807) is 104 Å². The molecule has 10 nitrogen and oxygen atoms in total. The van der Waals surface area contributed by atoms with Crippen LogP contribution >= 0.6 is 0 Å². The van der Waals surface area contributed by atoms with Crippen molar-refractivity contribution in [1.82, 2.24) is 9.55 Å². The number of nitrogens with zero attached hydrogens (tertiary/aromatic N) is 3. The number of fused-ring (bicyclic) bond motifs is 1. The number of methoxy groups -OCH3 is 2. The van der Waals surface area contributed by atoms with E-state index in [0.717, 1.165) is 11.1 Å². The van der Waals surface area contributed by atoms with Gasteiger partial charge in [0.15, 0.2) is 0 Å². The molecule has 0 aliphatic heterocycles. The van der Waals surface area contributed by atoms with Gasteiger partial charge in [-0.1, -0.05) is 18.2 Å². The number of ether oxygens (including phenoxy) is 4. The highest BCUT2D eigenvalue weighted by atomic mass is 16.6. The number of rotatable bonds is 6. The summed E-state index contributed by atoms with van der Waals surface area (Å²) in [5.41, 5.74) is 3.05. The number of pyridine rings is 1. The molecule has 0 aliphatic carbocycles. The molecule has 0 bridgehead atoms. The van der Waals surface area contributed by atoms with Crippen LogP contribution < -0.4 is 9.64 Å². The van der Waals surface area contributed by atoms with E-state index in [2.05, 4.69) is 4.98 Å². The molecule has 0 unspecified atom stereocenters. The number of esters is 1. The van der Waals surface area contributed by atoms with Crippen molar-refractivity contribution < 1.29 is 33.3 Å². The van der Waals surface area contributed by atoms with E-state index in [1.807, 2.05) is 13.8 Å². The van der Waals surface area contributed by atoms with Gasteiger partial charge in [0.2, 0.25) is 0 Å². The number of anilines is 1. The molecule has 0 atom stereocenters. The van der Waals surface area contributed by atoms with Crippen LogP contribution in [0.4, 0.5) is 15.3 Å².